The van der Waals surface area contributed by atoms with Gasteiger partial charge in [-0.25, -0.2) is 0 Å². The number of hydrogen-bond donors (Lipinski definition) is 1. The van der Waals surface area contributed by atoms with Crippen molar-refractivity contribution in [3.63, 3.8) is 0 Å². The van der Waals surface area contributed by atoms with Crippen LogP contribution in [0, 0.1) is 11.3 Å². The minimum atomic E-state index is -0.515. The van der Waals surface area contributed by atoms with Crippen LogP contribution in [0.5, 0.6) is 5.75 Å². The third-order valence-electron chi connectivity index (χ3n) is 3.84. The van der Waals surface area contributed by atoms with Crippen molar-refractivity contribution in [2.24, 2.45) is 0 Å². The molecule has 4 heteroatoms. The van der Waals surface area contributed by atoms with E-state index in [-0.39, 0.29) is 0 Å². The maximum absolute atomic E-state index is 9.36. The van der Waals surface area contributed by atoms with Crippen molar-refractivity contribution in [2.75, 3.05) is 27.2 Å². The highest BCUT2D eigenvalue weighted by Gasteiger charge is 2.26. The number of rotatable bonds is 8. The topological polar surface area (TPSA) is 48.3 Å². The molecule has 0 fully saturated rings. The fraction of sp³-hybridized carbons (Fsp3) is 0.588. The molecular weight excluding hydrogens is 262 g/mol. The first-order valence-electron chi connectivity index (χ1n) is 7.44. The Morgan fingerprint density at radius 1 is 1.43 bits per heavy atom. The zero-order valence-corrected chi connectivity index (χ0v) is 13.8. The molecule has 1 aromatic rings. The molecule has 2 unspecified atom stereocenters. The van der Waals surface area contributed by atoms with Gasteiger partial charge >= 0.3 is 0 Å². The fourth-order valence-corrected chi connectivity index (χ4v) is 2.52. The molecule has 1 N–H and O–H groups in total. The van der Waals surface area contributed by atoms with Crippen LogP contribution in [0.4, 0.5) is 0 Å². The Labute approximate surface area is 128 Å². The quantitative estimate of drug-likeness (QED) is 0.798. The average Bonchev–Trinajstić information content (AvgIpc) is 2.47. The number of hydrogen-bond acceptors (Lipinski definition) is 4. The molecular formula is C17H27N3O. The van der Waals surface area contributed by atoms with E-state index in [1.54, 1.807) is 7.11 Å². The maximum atomic E-state index is 9.36. The van der Waals surface area contributed by atoms with Gasteiger partial charge in [-0.1, -0.05) is 25.1 Å². The second kappa shape index (κ2) is 8.02. The first-order chi connectivity index (χ1) is 9.95. The van der Waals surface area contributed by atoms with Crippen LogP contribution >= 0.6 is 0 Å². The highest BCUT2D eigenvalue weighted by atomic mass is 16.5. The molecule has 0 heterocycles. The Kier molecular flexibility index (Phi) is 6.67. The van der Waals surface area contributed by atoms with Crippen LogP contribution in [-0.4, -0.2) is 43.7 Å². The average molecular weight is 289 g/mol. The molecule has 4 nitrogen and oxygen atoms in total. The minimum absolute atomic E-state index is 0.327. The van der Waals surface area contributed by atoms with Crippen LogP contribution in [0.1, 0.15) is 26.3 Å². The largest absolute Gasteiger partial charge is 0.496 e. The zero-order valence-electron chi connectivity index (χ0n) is 13.8. The van der Waals surface area contributed by atoms with Crippen LogP contribution in [0.15, 0.2) is 24.3 Å². The SMILES string of the molecule is CCNC(C)(C#N)CN(C)C(C)Cc1ccccc1OC. The van der Waals surface area contributed by atoms with E-state index in [9.17, 15) is 5.26 Å². The van der Waals surface area contributed by atoms with Gasteiger partial charge in [0.1, 0.15) is 11.3 Å². The van der Waals surface area contributed by atoms with Gasteiger partial charge in [0, 0.05) is 12.6 Å². The van der Waals surface area contributed by atoms with E-state index in [0.29, 0.717) is 12.6 Å². The molecule has 0 aliphatic heterocycles. The van der Waals surface area contributed by atoms with Crippen LogP contribution in [0.2, 0.25) is 0 Å². The molecule has 1 rings (SSSR count). The van der Waals surface area contributed by atoms with Crippen molar-refractivity contribution in [1.29, 1.82) is 5.26 Å². The molecule has 0 radical (unpaired) electrons. The summed E-state index contributed by atoms with van der Waals surface area (Å²) in [6.45, 7) is 7.62. The Morgan fingerprint density at radius 3 is 2.67 bits per heavy atom. The number of nitrogens with zero attached hydrogens (tertiary/aromatic N) is 2. The van der Waals surface area contributed by atoms with Crippen molar-refractivity contribution in [1.82, 2.24) is 10.2 Å². The van der Waals surface area contributed by atoms with Crippen molar-refractivity contribution < 1.29 is 4.74 Å². The summed E-state index contributed by atoms with van der Waals surface area (Å²) in [6, 6.07) is 10.8. The summed E-state index contributed by atoms with van der Waals surface area (Å²) >= 11 is 0. The first-order valence-corrected chi connectivity index (χ1v) is 7.44. The lowest BCUT2D eigenvalue weighted by atomic mass is 10.0. The summed E-state index contributed by atoms with van der Waals surface area (Å²) in [6.07, 6.45) is 0.897. The van der Waals surface area contributed by atoms with Crippen LogP contribution in [0.3, 0.4) is 0 Å². The summed E-state index contributed by atoms with van der Waals surface area (Å²) in [7, 11) is 3.76. The van der Waals surface area contributed by atoms with Gasteiger partial charge in [0.2, 0.25) is 0 Å². The van der Waals surface area contributed by atoms with Crippen molar-refractivity contribution >= 4 is 0 Å². The highest BCUT2D eigenvalue weighted by molar-refractivity contribution is 5.33. The first kappa shape index (κ1) is 17.5. The van der Waals surface area contributed by atoms with Gasteiger partial charge in [0.05, 0.1) is 13.2 Å². The second-order valence-corrected chi connectivity index (χ2v) is 5.75. The van der Waals surface area contributed by atoms with Gasteiger partial charge in [-0.3, -0.25) is 5.32 Å². The van der Waals surface area contributed by atoms with E-state index >= 15 is 0 Å². The molecule has 0 aliphatic rings. The number of likely N-dealkylation sites (N-methyl/N-ethyl adjacent to an activating group) is 2. The van der Waals surface area contributed by atoms with E-state index in [1.807, 2.05) is 32.0 Å². The molecule has 0 aromatic heterocycles. The molecule has 2 atom stereocenters. The van der Waals surface area contributed by atoms with Crippen LogP contribution < -0.4 is 10.1 Å². The Hall–Kier alpha value is -1.57. The van der Waals surface area contributed by atoms with Crippen molar-refractivity contribution in [3.8, 4) is 11.8 Å². The molecule has 21 heavy (non-hydrogen) atoms. The third kappa shape index (κ3) is 5.04. The molecule has 0 spiro atoms. The van der Waals surface area contributed by atoms with E-state index in [1.165, 1.54) is 5.56 Å². The standard InChI is InChI=1S/C17H27N3O/c1-6-19-17(3,12-18)13-20(4)14(2)11-15-9-7-8-10-16(15)21-5/h7-10,14,19H,6,11,13H2,1-5H3. The number of nitriles is 1. The van der Waals surface area contributed by atoms with Gasteiger partial charge in [-0.05, 0) is 45.5 Å². The molecule has 0 bridgehead atoms. The predicted molar refractivity (Wildman–Crippen MR) is 86.5 cm³/mol. The van der Waals surface area contributed by atoms with Gasteiger partial charge < -0.3 is 9.64 Å². The van der Waals surface area contributed by atoms with Crippen molar-refractivity contribution in [3.05, 3.63) is 29.8 Å². The number of nitrogens with one attached hydrogen (secondary N) is 1. The van der Waals surface area contributed by atoms with Gasteiger partial charge in [0.25, 0.3) is 0 Å². The maximum Gasteiger partial charge on any atom is 0.122 e. The normalized spacial score (nSPS) is 15.3. The van der Waals surface area contributed by atoms with Crippen LogP contribution in [-0.2, 0) is 6.42 Å². The van der Waals surface area contributed by atoms with E-state index < -0.39 is 5.54 Å². The monoisotopic (exact) mass is 289 g/mol. The molecule has 1 aromatic carbocycles. The van der Waals surface area contributed by atoms with Crippen molar-refractivity contribution in [2.45, 2.75) is 38.8 Å². The number of para-hydroxylation sites is 1. The summed E-state index contributed by atoms with van der Waals surface area (Å²) in [5, 5.41) is 12.6. The Balaban J connectivity index is 2.70. The van der Waals surface area contributed by atoms with E-state index in [0.717, 1.165) is 18.7 Å². The third-order valence-corrected chi connectivity index (χ3v) is 3.84. The minimum Gasteiger partial charge on any atom is -0.496 e. The number of ether oxygens (including phenoxy) is 1. The zero-order chi connectivity index (χ0) is 15.9. The summed E-state index contributed by atoms with van der Waals surface area (Å²) in [5.74, 6) is 0.924. The fourth-order valence-electron chi connectivity index (χ4n) is 2.52. The van der Waals surface area contributed by atoms with Gasteiger partial charge in [-0.15, -0.1) is 0 Å². The second-order valence-electron chi connectivity index (χ2n) is 5.75. The van der Waals surface area contributed by atoms with Gasteiger partial charge in [-0.2, -0.15) is 5.26 Å². The number of benzene rings is 1. The highest BCUT2D eigenvalue weighted by Crippen LogP contribution is 2.20. The Morgan fingerprint density at radius 2 is 2.10 bits per heavy atom. The van der Waals surface area contributed by atoms with E-state index in [4.69, 9.17) is 4.74 Å². The summed E-state index contributed by atoms with van der Waals surface area (Å²) in [4.78, 5) is 2.22. The lowest BCUT2D eigenvalue weighted by Crippen LogP contribution is -2.51. The molecule has 0 amide bonds. The molecule has 0 saturated carbocycles. The molecule has 116 valence electrons. The molecule has 0 saturated heterocycles. The van der Waals surface area contributed by atoms with Gasteiger partial charge in [0.15, 0.2) is 0 Å². The lowest BCUT2D eigenvalue weighted by molar-refractivity contribution is 0.207. The summed E-state index contributed by atoms with van der Waals surface area (Å²) in [5.41, 5.74) is 0.680. The predicted octanol–water partition coefficient (Wildman–Crippen LogP) is 2.45. The summed E-state index contributed by atoms with van der Waals surface area (Å²) < 4.78 is 5.40. The number of methoxy groups -OCH3 is 1. The van der Waals surface area contributed by atoms with Crippen LogP contribution in [0.25, 0.3) is 0 Å². The lowest BCUT2D eigenvalue weighted by Gasteiger charge is -2.32. The van der Waals surface area contributed by atoms with E-state index in [2.05, 4.69) is 36.3 Å². The molecule has 0 aliphatic carbocycles. The Bertz CT molecular complexity index is 483. The smallest absolute Gasteiger partial charge is 0.122 e.